The molecule has 0 saturated heterocycles. The van der Waals surface area contributed by atoms with Gasteiger partial charge in [0, 0.05) is 37.0 Å². The van der Waals surface area contributed by atoms with Crippen LogP contribution in [0.25, 0.3) is 0 Å². The highest BCUT2D eigenvalue weighted by Gasteiger charge is 2.11. The van der Waals surface area contributed by atoms with Crippen LogP contribution < -0.4 is 10.6 Å². The molecular formula is C21H23N5O. The van der Waals surface area contributed by atoms with Crippen molar-refractivity contribution in [1.29, 1.82) is 0 Å². The molecule has 0 unspecified atom stereocenters. The fraction of sp³-hybridized carbons (Fsp3) is 0.238. The normalized spacial score (nSPS) is 10.7. The maximum atomic E-state index is 12.3. The summed E-state index contributed by atoms with van der Waals surface area (Å²) in [5, 5.41) is 6.12. The maximum Gasteiger partial charge on any atom is 0.254 e. The number of carbonyl (C=O) groups is 1. The van der Waals surface area contributed by atoms with Gasteiger partial charge >= 0.3 is 0 Å². The second-order valence-corrected chi connectivity index (χ2v) is 6.66. The average molecular weight is 361 g/mol. The van der Waals surface area contributed by atoms with E-state index in [9.17, 15) is 4.79 Å². The fourth-order valence-electron chi connectivity index (χ4n) is 2.75. The second kappa shape index (κ2) is 8.40. The van der Waals surface area contributed by atoms with E-state index in [4.69, 9.17) is 0 Å². The number of aryl methyl sites for hydroxylation is 1. The SMILES string of the molecule is Cc1cccc(C(C)C)c1Nc1ncc(C(=O)NCc2cccnc2)cn1. The molecule has 6 heteroatoms. The summed E-state index contributed by atoms with van der Waals surface area (Å²) in [4.78, 5) is 24.9. The monoisotopic (exact) mass is 361 g/mol. The van der Waals surface area contributed by atoms with Gasteiger partial charge in [-0.3, -0.25) is 9.78 Å². The molecule has 0 bridgehead atoms. The van der Waals surface area contributed by atoms with Crippen LogP contribution in [0.2, 0.25) is 0 Å². The molecule has 3 aromatic rings. The first kappa shape index (κ1) is 18.5. The van der Waals surface area contributed by atoms with Gasteiger partial charge in [0.15, 0.2) is 0 Å². The lowest BCUT2D eigenvalue weighted by Gasteiger charge is -2.16. The van der Waals surface area contributed by atoms with Crippen molar-refractivity contribution in [3.8, 4) is 0 Å². The molecule has 138 valence electrons. The third-order valence-corrected chi connectivity index (χ3v) is 4.25. The number of hydrogen-bond acceptors (Lipinski definition) is 5. The van der Waals surface area contributed by atoms with Crippen molar-refractivity contribution in [1.82, 2.24) is 20.3 Å². The number of anilines is 2. The Labute approximate surface area is 159 Å². The number of pyridine rings is 1. The summed E-state index contributed by atoms with van der Waals surface area (Å²) < 4.78 is 0. The Balaban J connectivity index is 1.68. The molecular weight excluding hydrogens is 338 g/mol. The van der Waals surface area contributed by atoms with Crippen molar-refractivity contribution in [2.24, 2.45) is 0 Å². The van der Waals surface area contributed by atoms with Crippen molar-refractivity contribution < 1.29 is 4.79 Å². The van der Waals surface area contributed by atoms with Crippen molar-refractivity contribution in [3.63, 3.8) is 0 Å². The minimum atomic E-state index is -0.218. The second-order valence-electron chi connectivity index (χ2n) is 6.66. The number of nitrogens with zero attached hydrogens (tertiary/aromatic N) is 3. The lowest BCUT2D eigenvalue weighted by molar-refractivity contribution is 0.0950. The van der Waals surface area contributed by atoms with Crippen LogP contribution in [0.3, 0.4) is 0 Å². The molecule has 0 radical (unpaired) electrons. The van der Waals surface area contributed by atoms with Crippen LogP contribution >= 0.6 is 0 Å². The van der Waals surface area contributed by atoms with Crippen LogP contribution in [0.15, 0.2) is 55.1 Å². The molecule has 0 aliphatic rings. The third-order valence-electron chi connectivity index (χ3n) is 4.25. The quantitative estimate of drug-likeness (QED) is 0.694. The van der Waals surface area contributed by atoms with E-state index >= 15 is 0 Å². The average Bonchev–Trinajstić information content (AvgIpc) is 2.69. The number of nitrogens with one attached hydrogen (secondary N) is 2. The predicted molar refractivity (Wildman–Crippen MR) is 106 cm³/mol. The van der Waals surface area contributed by atoms with E-state index in [-0.39, 0.29) is 5.91 Å². The molecule has 3 rings (SSSR count). The van der Waals surface area contributed by atoms with E-state index in [1.807, 2.05) is 18.2 Å². The minimum absolute atomic E-state index is 0.218. The molecule has 0 fully saturated rings. The first-order chi connectivity index (χ1) is 13.0. The van der Waals surface area contributed by atoms with E-state index in [0.29, 0.717) is 24.0 Å². The first-order valence-electron chi connectivity index (χ1n) is 8.90. The van der Waals surface area contributed by atoms with Gasteiger partial charge < -0.3 is 10.6 Å². The number of amides is 1. The molecule has 0 spiro atoms. The molecule has 0 saturated carbocycles. The number of aromatic nitrogens is 3. The van der Waals surface area contributed by atoms with E-state index in [1.165, 1.54) is 18.0 Å². The first-order valence-corrected chi connectivity index (χ1v) is 8.90. The van der Waals surface area contributed by atoms with E-state index in [2.05, 4.69) is 58.5 Å². The van der Waals surface area contributed by atoms with Crippen LogP contribution in [0, 0.1) is 6.92 Å². The van der Waals surface area contributed by atoms with Crippen LogP contribution in [0.5, 0.6) is 0 Å². The van der Waals surface area contributed by atoms with Gasteiger partial charge in [-0.25, -0.2) is 9.97 Å². The number of para-hydroxylation sites is 1. The van der Waals surface area contributed by atoms with E-state index in [0.717, 1.165) is 16.8 Å². The summed E-state index contributed by atoms with van der Waals surface area (Å²) in [7, 11) is 0. The third kappa shape index (κ3) is 4.67. The number of hydrogen-bond donors (Lipinski definition) is 2. The number of carbonyl (C=O) groups excluding carboxylic acids is 1. The molecule has 1 amide bonds. The Bertz CT molecular complexity index is 908. The van der Waals surface area contributed by atoms with Gasteiger partial charge in [0.2, 0.25) is 5.95 Å². The maximum absolute atomic E-state index is 12.3. The molecule has 1 aromatic carbocycles. The van der Waals surface area contributed by atoms with Gasteiger partial charge in [-0.15, -0.1) is 0 Å². The predicted octanol–water partition coefficient (Wildman–Crippen LogP) is 3.98. The minimum Gasteiger partial charge on any atom is -0.348 e. The van der Waals surface area contributed by atoms with Crippen LogP contribution in [0.1, 0.15) is 46.8 Å². The molecule has 2 aromatic heterocycles. The zero-order valence-electron chi connectivity index (χ0n) is 15.7. The van der Waals surface area contributed by atoms with Gasteiger partial charge in [0.05, 0.1) is 5.56 Å². The summed E-state index contributed by atoms with van der Waals surface area (Å²) in [6.07, 6.45) is 6.48. The van der Waals surface area contributed by atoms with Crippen molar-refractivity contribution in [3.05, 3.63) is 77.4 Å². The smallest absolute Gasteiger partial charge is 0.254 e. The molecule has 0 atom stereocenters. The molecule has 27 heavy (non-hydrogen) atoms. The zero-order chi connectivity index (χ0) is 19.2. The summed E-state index contributed by atoms with van der Waals surface area (Å²) in [6.45, 7) is 6.76. The van der Waals surface area contributed by atoms with E-state index < -0.39 is 0 Å². The standard InChI is InChI=1S/C21H23N5O/c1-14(2)18-8-4-6-15(3)19(18)26-21-24-12-17(13-25-21)20(27)23-11-16-7-5-9-22-10-16/h4-10,12-14H,11H2,1-3H3,(H,23,27)(H,24,25,26). The molecule has 2 N–H and O–H groups in total. The fourth-order valence-corrected chi connectivity index (χ4v) is 2.75. The highest BCUT2D eigenvalue weighted by Crippen LogP contribution is 2.29. The topological polar surface area (TPSA) is 79.8 Å². The summed E-state index contributed by atoms with van der Waals surface area (Å²) in [6, 6.07) is 9.94. The van der Waals surface area contributed by atoms with Crippen molar-refractivity contribution in [2.75, 3.05) is 5.32 Å². The molecule has 2 heterocycles. The highest BCUT2D eigenvalue weighted by molar-refractivity contribution is 5.93. The van der Waals surface area contributed by atoms with Gasteiger partial charge in [-0.1, -0.05) is 38.1 Å². The van der Waals surface area contributed by atoms with Gasteiger partial charge in [-0.2, -0.15) is 0 Å². The van der Waals surface area contributed by atoms with Gasteiger partial charge in [0.1, 0.15) is 0 Å². The Morgan fingerprint density at radius 3 is 2.52 bits per heavy atom. The van der Waals surface area contributed by atoms with E-state index in [1.54, 1.807) is 12.4 Å². The zero-order valence-corrected chi connectivity index (χ0v) is 15.7. The summed E-state index contributed by atoms with van der Waals surface area (Å²) in [5.41, 5.74) is 4.70. The number of benzene rings is 1. The summed E-state index contributed by atoms with van der Waals surface area (Å²) >= 11 is 0. The molecule has 6 nitrogen and oxygen atoms in total. The lowest BCUT2D eigenvalue weighted by atomic mass is 9.98. The van der Waals surface area contributed by atoms with Crippen molar-refractivity contribution in [2.45, 2.75) is 33.2 Å². The van der Waals surface area contributed by atoms with Crippen LogP contribution in [-0.4, -0.2) is 20.9 Å². The van der Waals surface area contributed by atoms with Gasteiger partial charge in [-0.05, 0) is 35.6 Å². The largest absolute Gasteiger partial charge is 0.348 e. The number of rotatable bonds is 6. The molecule has 0 aliphatic heterocycles. The highest BCUT2D eigenvalue weighted by atomic mass is 16.1. The van der Waals surface area contributed by atoms with Crippen LogP contribution in [0.4, 0.5) is 11.6 Å². The van der Waals surface area contributed by atoms with Crippen molar-refractivity contribution >= 4 is 17.5 Å². The Hall–Kier alpha value is -3.28. The summed E-state index contributed by atoms with van der Waals surface area (Å²) in [5.74, 6) is 0.629. The molecule has 0 aliphatic carbocycles. The Morgan fingerprint density at radius 1 is 1.07 bits per heavy atom. The van der Waals surface area contributed by atoms with Gasteiger partial charge in [0.25, 0.3) is 5.91 Å². The Kier molecular flexibility index (Phi) is 5.76. The lowest BCUT2D eigenvalue weighted by Crippen LogP contribution is -2.23. The van der Waals surface area contributed by atoms with Crippen LogP contribution in [-0.2, 0) is 6.54 Å². The Morgan fingerprint density at radius 2 is 1.85 bits per heavy atom.